The molecule has 5 nitrogen and oxygen atoms in total. The third kappa shape index (κ3) is 3.02. The second kappa shape index (κ2) is 4.93. The molecule has 16 heavy (non-hydrogen) atoms. The normalized spacial score (nSPS) is 20.7. The Labute approximate surface area is 96.8 Å². The number of rotatable bonds is 4. The molecule has 1 heterocycles. The second-order valence-electron chi connectivity index (χ2n) is 4.99. The van der Waals surface area contributed by atoms with Gasteiger partial charge in [-0.25, -0.2) is 0 Å². The number of imide groups is 1. The highest BCUT2D eigenvalue weighted by Crippen LogP contribution is 2.13. The van der Waals surface area contributed by atoms with Crippen LogP contribution in [0.5, 0.6) is 0 Å². The lowest BCUT2D eigenvalue weighted by molar-refractivity contribution is -0.152. The summed E-state index contributed by atoms with van der Waals surface area (Å²) < 4.78 is 0. The van der Waals surface area contributed by atoms with Crippen molar-refractivity contribution in [3.05, 3.63) is 0 Å². The summed E-state index contributed by atoms with van der Waals surface area (Å²) in [6.45, 7) is 5.26. The lowest BCUT2D eigenvalue weighted by Crippen LogP contribution is -2.63. The van der Waals surface area contributed by atoms with E-state index >= 15 is 0 Å². The van der Waals surface area contributed by atoms with E-state index < -0.39 is 5.54 Å². The van der Waals surface area contributed by atoms with Crippen molar-refractivity contribution in [2.45, 2.75) is 25.8 Å². The first-order valence-electron chi connectivity index (χ1n) is 5.59. The number of carbonyl (C=O) groups excluding carboxylic acids is 2. The summed E-state index contributed by atoms with van der Waals surface area (Å²) >= 11 is 0. The molecule has 0 aromatic heterocycles. The molecule has 2 amide bonds. The Kier molecular flexibility index (Phi) is 4.04. The van der Waals surface area contributed by atoms with E-state index in [0.717, 1.165) is 13.0 Å². The molecule has 1 saturated heterocycles. The molecule has 1 rings (SSSR count). The van der Waals surface area contributed by atoms with Crippen LogP contribution < -0.4 is 5.32 Å². The second-order valence-corrected chi connectivity index (χ2v) is 4.99. The minimum atomic E-state index is -0.619. The van der Waals surface area contributed by atoms with Crippen LogP contribution in [0.2, 0.25) is 0 Å². The third-order valence-corrected chi connectivity index (χ3v) is 2.75. The van der Waals surface area contributed by atoms with E-state index in [1.807, 2.05) is 19.0 Å². The average molecular weight is 227 g/mol. The molecular weight excluding hydrogens is 206 g/mol. The zero-order chi connectivity index (χ0) is 12.3. The first kappa shape index (κ1) is 13.1. The highest BCUT2D eigenvalue weighted by Gasteiger charge is 2.39. The predicted molar refractivity (Wildman–Crippen MR) is 62.0 cm³/mol. The standard InChI is InChI=1S/C11H21N3O2/c1-11(2)10(16)14(9(15)8-12-11)7-5-6-13(3)4/h12H,5-8H2,1-4H3. The van der Waals surface area contributed by atoms with E-state index in [-0.39, 0.29) is 18.4 Å². The molecule has 0 aromatic rings. The van der Waals surface area contributed by atoms with Gasteiger partial charge >= 0.3 is 0 Å². The van der Waals surface area contributed by atoms with Crippen LogP contribution in [0.15, 0.2) is 0 Å². The molecule has 0 aromatic carbocycles. The number of carbonyl (C=O) groups is 2. The van der Waals surface area contributed by atoms with Gasteiger partial charge in [-0.1, -0.05) is 0 Å². The van der Waals surface area contributed by atoms with Gasteiger partial charge in [-0.05, 0) is 40.9 Å². The van der Waals surface area contributed by atoms with Crippen LogP contribution in [0.1, 0.15) is 20.3 Å². The van der Waals surface area contributed by atoms with Crippen molar-refractivity contribution in [1.82, 2.24) is 15.1 Å². The van der Waals surface area contributed by atoms with Gasteiger partial charge in [-0.3, -0.25) is 19.8 Å². The molecule has 1 aliphatic rings. The van der Waals surface area contributed by atoms with Gasteiger partial charge in [0.05, 0.1) is 12.1 Å². The zero-order valence-electron chi connectivity index (χ0n) is 10.5. The Morgan fingerprint density at radius 2 is 2.00 bits per heavy atom. The monoisotopic (exact) mass is 227 g/mol. The summed E-state index contributed by atoms with van der Waals surface area (Å²) in [6.07, 6.45) is 0.820. The summed E-state index contributed by atoms with van der Waals surface area (Å²) in [6, 6.07) is 0. The minimum absolute atomic E-state index is 0.122. The Morgan fingerprint density at radius 1 is 1.38 bits per heavy atom. The summed E-state index contributed by atoms with van der Waals surface area (Å²) in [7, 11) is 3.96. The van der Waals surface area contributed by atoms with Crippen molar-refractivity contribution in [2.75, 3.05) is 33.7 Å². The number of hydrogen-bond donors (Lipinski definition) is 1. The highest BCUT2D eigenvalue weighted by atomic mass is 16.2. The molecule has 0 radical (unpaired) electrons. The van der Waals surface area contributed by atoms with Crippen LogP contribution in [-0.4, -0.2) is 60.9 Å². The minimum Gasteiger partial charge on any atom is -0.309 e. The lowest BCUT2D eigenvalue weighted by atomic mass is 10.0. The molecule has 0 unspecified atom stereocenters. The molecule has 0 aliphatic carbocycles. The van der Waals surface area contributed by atoms with Crippen LogP contribution in [0.3, 0.4) is 0 Å². The van der Waals surface area contributed by atoms with Gasteiger partial charge in [0.15, 0.2) is 0 Å². The first-order chi connectivity index (χ1) is 7.34. The number of nitrogens with zero attached hydrogens (tertiary/aromatic N) is 2. The predicted octanol–water partition coefficient (Wildman–Crippen LogP) is -0.325. The molecule has 92 valence electrons. The van der Waals surface area contributed by atoms with Crippen molar-refractivity contribution in [3.63, 3.8) is 0 Å². The van der Waals surface area contributed by atoms with Crippen molar-refractivity contribution >= 4 is 11.8 Å². The van der Waals surface area contributed by atoms with Crippen molar-refractivity contribution in [2.24, 2.45) is 0 Å². The third-order valence-electron chi connectivity index (χ3n) is 2.75. The summed E-state index contributed by atoms with van der Waals surface area (Å²) in [4.78, 5) is 27.0. The van der Waals surface area contributed by atoms with E-state index in [9.17, 15) is 9.59 Å². The van der Waals surface area contributed by atoms with Crippen LogP contribution in [0.25, 0.3) is 0 Å². The maximum atomic E-state index is 12.0. The highest BCUT2D eigenvalue weighted by molar-refractivity contribution is 6.02. The lowest BCUT2D eigenvalue weighted by Gasteiger charge is -2.36. The van der Waals surface area contributed by atoms with Crippen LogP contribution >= 0.6 is 0 Å². The molecule has 0 bridgehead atoms. The van der Waals surface area contributed by atoms with E-state index in [0.29, 0.717) is 6.54 Å². The van der Waals surface area contributed by atoms with Crippen molar-refractivity contribution < 1.29 is 9.59 Å². The fourth-order valence-electron chi connectivity index (χ4n) is 1.69. The van der Waals surface area contributed by atoms with E-state index in [2.05, 4.69) is 5.32 Å². The van der Waals surface area contributed by atoms with Crippen LogP contribution in [-0.2, 0) is 9.59 Å². The summed E-state index contributed by atoms with van der Waals surface area (Å²) in [5, 5.41) is 2.94. The molecular formula is C11H21N3O2. The van der Waals surface area contributed by atoms with E-state index in [4.69, 9.17) is 0 Å². The number of amides is 2. The van der Waals surface area contributed by atoms with Crippen molar-refractivity contribution in [3.8, 4) is 0 Å². The maximum absolute atomic E-state index is 12.0. The Balaban J connectivity index is 2.55. The topological polar surface area (TPSA) is 52.6 Å². The number of piperazine rings is 1. The van der Waals surface area contributed by atoms with Gasteiger partial charge in [0.1, 0.15) is 0 Å². The molecule has 1 N–H and O–H groups in total. The number of nitrogens with one attached hydrogen (secondary N) is 1. The Hall–Kier alpha value is -0.940. The van der Waals surface area contributed by atoms with Crippen molar-refractivity contribution in [1.29, 1.82) is 0 Å². The van der Waals surface area contributed by atoms with Gasteiger partial charge in [0.25, 0.3) is 0 Å². The quantitative estimate of drug-likeness (QED) is 0.669. The smallest absolute Gasteiger partial charge is 0.248 e. The molecule has 5 heteroatoms. The molecule has 1 aliphatic heterocycles. The summed E-state index contributed by atoms with van der Waals surface area (Å²) in [5.41, 5.74) is -0.619. The van der Waals surface area contributed by atoms with Gasteiger partial charge in [0, 0.05) is 6.54 Å². The summed E-state index contributed by atoms with van der Waals surface area (Å²) in [5.74, 6) is -0.245. The van der Waals surface area contributed by atoms with Gasteiger partial charge in [0.2, 0.25) is 11.8 Å². The Morgan fingerprint density at radius 3 is 2.56 bits per heavy atom. The zero-order valence-corrected chi connectivity index (χ0v) is 10.5. The van der Waals surface area contributed by atoms with Gasteiger partial charge in [-0.15, -0.1) is 0 Å². The average Bonchev–Trinajstić information content (AvgIpc) is 2.18. The largest absolute Gasteiger partial charge is 0.309 e. The van der Waals surface area contributed by atoms with Gasteiger partial charge in [-0.2, -0.15) is 0 Å². The Bertz CT molecular complexity index is 287. The van der Waals surface area contributed by atoms with Crippen LogP contribution in [0, 0.1) is 0 Å². The van der Waals surface area contributed by atoms with Gasteiger partial charge < -0.3 is 4.90 Å². The first-order valence-corrected chi connectivity index (χ1v) is 5.59. The molecule has 1 fully saturated rings. The maximum Gasteiger partial charge on any atom is 0.248 e. The van der Waals surface area contributed by atoms with Crippen LogP contribution in [0.4, 0.5) is 0 Å². The van der Waals surface area contributed by atoms with E-state index in [1.165, 1.54) is 4.90 Å². The fraction of sp³-hybridized carbons (Fsp3) is 0.818. The molecule has 0 saturated carbocycles. The van der Waals surface area contributed by atoms with E-state index in [1.54, 1.807) is 13.8 Å². The SMILES string of the molecule is CN(C)CCCN1C(=O)CNC(C)(C)C1=O. The fourth-order valence-corrected chi connectivity index (χ4v) is 1.69. The molecule has 0 spiro atoms. The number of hydrogen-bond acceptors (Lipinski definition) is 4. The molecule has 0 atom stereocenters.